The van der Waals surface area contributed by atoms with Gasteiger partial charge in [-0.3, -0.25) is 4.79 Å². The van der Waals surface area contributed by atoms with Crippen molar-refractivity contribution >= 4 is 5.97 Å². The van der Waals surface area contributed by atoms with Crippen LogP contribution in [0.4, 0.5) is 0 Å². The second-order valence-corrected chi connectivity index (χ2v) is 5.00. The molecule has 0 radical (unpaired) electrons. The maximum absolute atomic E-state index is 11.5. The van der Waals surface area contributed by atoms with E-state index in [2.05, 4.69) is 5.32 Å². The van der Waals surface area contributed by atoms with Gasteiger partial charge in [-0.25, -0.2) is 0 Å². The Hall–Kier alpha value is -0.610. The summed E-state index contributed by atoms with van der Waals surface area (Å²) in [6, 6.07) is 0.513. The molecule has 4 heteroatoms. The zero-order chi connectivity index (χ0) is 11.9. The number of hydrogen-bond acceptors (Lipinski definition) is 4. The molecule has 2 fully saturated rings. The number of nitrogens with one attached hydrogen (secondary N) is 1. The third kappa shape index (κ3) is 4.64. The van der Waals surface area contributed by atoms with Gasteiger partial charge in [0.1, 0.15) is 6.61 Å². The van der Waals surface area contributed by atoms with Crippen molar-refractivity contribution in [1.29, 1.82) is 0 Å². The molecule has 0 saturated carbocycles. The third-order valence-electron chi connectivity index (χ3n) is 3.56. The summed E-state index contributed by atoms with van der Waals surface area (Å²) < 4.78 is 10.6. The zero-order valence-electron chi connectivity index (χ0n) is 10.5. The Morgan fingerprint density at radius 1 is 1.29 bits per heavy atom. The molecule has 2 aliphatic heterocycles. The van der Waals surface area contributed by atoms with Gasteiger partial charge < -0.3 is 14.8 Å². The molecule has 98 valence electrons. The normalized spacial score (nSPS) is 29.2. The predicted octanol–water partition coefficient (Wildman–Crippen LogP) is 1.63. The molecule has 2 aliphatic rings. The molecule has 2 saturated heterocycles. The average molecular weight is 241 g/mol. The molecule has 4 nitrogen and oxygen atoms in total. The van der Waals surface area contributed by atoms with Gasteiger partial charge in [0.2, 0.25) is 0 Å². The summed E-state index contributed by atoms with van der Waals surface area (Å²) in [4.78, 5) is 11.5. The Morgan fingerprint density at radius 2 is 2.24 bits per heavy atom. The summed E-state index contributed by atoms with van der Waals surface area (Å²) in [5.74, 6) is -0.0760. The van der Waals surface area contributed by atoms with Crippen molar-refractivity contribution in [1.82, 2.24) is 5.32 Å². The lowest BCUT2D eigenvalue weighted by atomic mass is 10.0. The lowest BCUT2D eigenvalue weighted by Crippen LogP contribution is -2.34. The van der Waals surface area contributed by atoms with Crippen molar-refractivity contribution in [3.63, 3.8) is 0 Å². The Bertz CT molecular complexity index is 233. The van der Waals surface area contributed by atoms with Crippen LogP contribution in [0.3, 0.4) is 0 Å². The lowest BCUT2D eigenvalue weighted by Gasteiger charge is -2.22. The zero-order valence-corrected chi connectivity index (χ0v) is 10.5. The van der Waals surface area contributed by atoms with Crippen LogP contribution in [0.5, 0.6) is 0 Å². The maximum Gasteiger partial charge on any atom is 0.305 e. The number of rotatable bonds is 5. The van der Waals surface area contributed by atoms with Gasteiger partial charge in [-0.15, -0.1) is 0 Å². The van der Waals surface area contributed by atoms with Gasteiger partial charge in [0.25, 0.3) is 0 Å². The first kappa shape index (κ1) is 12.8. The fourth-order valence-corrected chi connectivity index (χ4v) is 2.50. The molecule has 1 N–H and O–H groups in total. The van der Waals surface area contributed by atoms with Crippen molar-refractivity contribution < 1.29 is 14.3 Å². The Balaban J connectivity index is 1.53. The standard InChI is InChI=1S/C13H23NO3/c15-13(17-10-12-5-3-9-16-12)7-6-11-4-1-2-8-14-11/h11-12,14H,1-10H2. The summed E-state index contributed by atoms with van der Waals surface area (Å²) >= 11 is 0. The molecule has 0 bridgehead atoms. The van der Waals surface area contributed by atoms with E-state index in [1.807, 2.05) is 0 Å². The molecular weight excluding hydrogens is 218 g/mol. The average Bonchev–Trinajstić information content (AvgIpc) is 2.88. The predicted molar refractivity (Wildman–Crippen MR) is 64.8 cm³/mol. The van der Waals surface area contributed by atoms with Crippen LogP contribution >= 0.6 is 0 Å². The Kier molecular flexibility index (Phi) is 5.26. The van der Waals surface area contributed by atoms with E-state index in [0.717, 1.165) is 32.4 Å². The highest BCUT2D eigenvalue weighted by Gasteiger charge is 2.18. The van der Waals surface area contributed by atoms with Gasteiger partial charge in [-0.05, 0) is 38.6 Å². The van der Waals surface area contributed by atoms with Crippen LogP contribution in [-0.2, 0) is 14.3 Å². The summed E-state index contributed by atoms with van der Waals surface area (Å²) in [6.45, 7) is 2.35. The van der Waals surface area contributed by atoms with Crippen LogP contribution in [0.1, 0.15) is 44.9 Å². The first-order valence-electron chi connectivity index (χ1n) is 6.85. The summed E-state index contributed by atoms with van der Waals surface area (Å²) in [6.07, 6.45) is 7.44. The number of carbonyl (C=O) groups excluding carboxylic acids is 1. The van der Waals surface area contributed by atoms with Crippen molar-refractivity contribution in [3.8, 4) is 0 Å². The van der Waals surface area contributed by atoms with Gasteiger partial charge in [-0.2, -0.15) is 0 Å². The van der Waals surface area contributed by atoms with Crippen LogP contribution in [0, 0.1) is 0 Å². The highest BCUT2D eigenvalue weighted by atomic mass is 16.6. The van der Waals surface area contributed by atoms with Crippen LogP contribution in [0.2, 0.25) is 0 Å². The van der Waals surface area contributed by atoms with Crippen molar-refractivity contribution in [2.75, 3.05) is 19.8 Å². The second-order valence-electron chi connectivity index (χ2n) is 5.00. The van der Waals surface area contributed by atoms with E-state index in [4.69, 9.17) is 9.47 Å². The minimum absolute atomic E-state index is 0.0760. The quantitative estimate of drug-likeness (QED) is 0.743. The second kappa shape index (κ2) is 6.97. The fourth-order valence-electron chi connectivity index (χ4n) is 2.50. The van der Waals surface area contributed by atoms with Gasteiger partial charge in [0.05, 0.1) is 6.10 Å². The monoisotopic (exact) mass is 241 g/mol. The summed E-state index contributed by atoms with van der Waals surface area (Å²) in [7, 11) is 0. The molecule has 2 atom stereocenters. The molecule has 0 aromatic rings. The smallest absolute Gasteiger partial charge is 0.305 e. The number of esters is 1. The van der Waals surface area contributed by atoms with E-state index in [9.17, 15) is 4.79 Å². The van der Waals surface area contributed by atoms with E-state index < -0.39 is 0 Å². The molecular formula is C13H23NO3. The maximum atomic E-state index is 11.5. The molecule has 2 rings (SSSR count). The summed E-state index contributed by atoms with van der Waals surface area (Å²) in [5, 5.41) is 3.44. The van der Waals surface area contributed by atoms with Gasteiger partial charge in [0, 0.05) is 19.1 Å². The molecule has 0 aromatic carbocycles. The van der Waals surface area contributed by atoms with E-state index in [1.165, 1.54) is 19.3 Å². The Labute approximate surface area is 103 Å². The van der Waals surface area contributed by atoms with E-state index in [1.54, 1.807) is 0 Å². The molecule has 0 spiro atoms. The molecule has 17 heavy (non-hydrogen) atoms. The lowest BCUT2D eigenvalue weighted by molar-refractivity contribution is -0.147. The molecule has 0 aromatic heterocycles. The van der Waals surface area contributed by atoms with E-state index in [0.29, 0.717) is 19.1 Å². The largest absolute Gasteiger partial charge is 0.463 e. The molecule has 2 unspecified atom stereocenters. The number of ether oxygens (including phenoxy) is 2. The van der Waals surface area contributed by atoms with E-state index in [-0.39, 0.29) is 12.1 Å². The van der Waals surface area contributed by atoms with Crippen LogP contribution < -0.4 is 5.32 Å². The topological polar surface area (TPSA) is 47.6 Å². The van der Waals surface area contributed by atoms with E-state index >= 15 is 0 Å². The number of hydrogen-bond donors (Lipinski definition) is 1. The highest BCUT2D eigenvalue weighted by Crippen LogP contribution is 2.14. The SMILES string of the molecule is O=C(CCC1CCCCN1)OCC1CCCO1. The minimum Gasteiger partial charge on any atom is -0.463 e. The van der Waals surface area contributed by atoms with Crippen LogP contribution in [0.15, 0.2) is 0 Å². The highest BCUT2D eigenvalue weighted by molar-refractivity contribution is 5.69. The minimum atomic E-state index is -0.0760. The van der Waals surface area contributed by atoms with Gasteiger partial charge in [-0.1, -0.05) is 6.42 Å². The van der Waals surface area contributed by atoms with Crippen molar-refractivity contribution in [3.05, 3.63) is 0 Å². The third-order valence-corrected chi connectivity index (χ3v) is 3.56. The number of carbonyl (C=O) groups is 1. The summed E-state index contributed by atoms with van der Waals surface area (Å²) in [5.41, 5.74) is 0. The molecule has 0 aliphatic carbocycles. The van der Waals surface area contributed by atoms with Crippen LogP contribution in [-0.4, -0.2) is 37.9 Å². The first-order valence-corrected chi connectivity index (χ1v) is 6.85. The van der Waals surface area contributed by atoms with Gasteiger partial charge in [0.15, 0.2) is 0 Å². The Morgan fingerprint density at radius 3 is 2.94 bits per heavy atom. The van der Waals surface area contributed by atoms with Gasteiger partial charge >= 0.3 is 5.97 Å². The van der Waals surface area contributed by atoms with Crippen molar-refractivity contribution in [2.24, 2.45) is 0 Å². The fraction of sp³-hybridized carbons (Fsp3) is 0.923. The number of piperidine rings is 1. The van der Waals surface area contributed by atoms with Crippen LogP contribution in [0.25, 0.3) is 0 Å². The van der Waals surface area contributed by atoms with Crippen molar-refractivity contribution in [2.45, 2.75) is 57.1 Å². The molecule has 0 amide bonds. The molecule has 2 heterocycles. The first-order chi connectivity index (χ1) is 8.34.